The second-order valence-corrected chi connectivity index (χ2v) is 7.73. The van der Waals surface area contributed by atoms with Gasteiger partial charge < -0.3 is 10.6 Å². The number of carbonyl (C=O) groups excluding carboxylic acids is 3. The topological polar surface area (TPSA) is 75.3 Å². The maximum absolute atomic E-state index is 12.2. The summed E-state index contributed by atoms with van der Waals surface area (Å²) in [5, 5.41) is 5.39. The van der Waals surface area contributed by atoms with Gasteiger partial charge in [0, 0.05) is 29.6 Å². The molecule has 0 bridgehead atoms. The lowest BCUT2D eigenvalue weighted by Gasteiger charge is -2.15. The van der Waals surface area contributed by atoms with Gasteiger partial charge in [-0.05, 0) is 74.2 Å². The molecule has 0 saturated carbocycles. The zero-order chi connectivity index (χ0) is 20.8. The number of hydrogen-bond acceptors (Lipinski definition) is 4. The molecule has 0 atom stereocenters. The van der Waals surface area contributed by atoms with E-state index in [-0.39, 0.29) is 17.6 Å². The molecule has 5 nitrogen and oxygen atoms in total. The van der Waals surface area contributed by atoms with Gasteiger partial charge in [0.05, 0.1) is 5.75 Å². The van der Waals surface area contributed by atoms with Crippen LogP contribution in [-0.4, -0.2) is 30.4 Å². The highest BCUT2D eigenvalue weighted by Crippen LogP contribution is 2.26. The number of amides is 2. The van der Waals surface area contributed by atoms with Crippen LogP contribution in [0.3, 0.4) is 0 Å². The highest BCUT2D eigenvalue weighted by molar-refractivity contribution is 7.99. The fourth-order valence-corrected chi connectivity index (χ4v) is 4.29. The van der Waals surface area contributed by atoms with Gasteiger partial charge in [0.2, 0.25) is 5.91 Å². The van der Waals surface area contributed by atoms with Crippen LogP contribution in [0.2, 0.25) is 0 Å². The first-order chi connectivity index (χ1) is 13.2. The quantitative estimate of drug-likeness (QED) is 0.690. The Balaban J connectivity index is 1.96. The lowest BCUT2D eigenvalue weighted by Crippen LogP contribution is -2.18. The van der Waals surface area contributed by atoms with Crippen molar-refractivity contribution in [3.63, 3.8) is 0 Å². The van der Waals surface area contributed by atoms with Gasteiger partial charge in [0.25, 0.3) is 5.91 Å². The normalized spacial score (nSPS) is 10.5. The number of benzene rings is 2. The Kier molecular flexibility index (Phi) is 7.40. The molecule has 0 fully saturated rings. The number of hydrogen-bond donors (Lipinski definition) is 2. The van der Waals surface area contributed by atoms with Crippen molar-refractivity contribution >= 4 is 35.0 Å². The number of nitrogens with one attached hydrogen (secondary N) is 2. The summed E-state index contributed by atoms with van der Waals surface area (Å²) in [6, 6.07) is 8.79. The smallest absolute Gasteiger partial charge is 0.251 e. The zero-order valence-corrected chi connectivity index (χ0v) is 17.8. The van der Waals surface area contributed by atoms with E-state index in [1.54, 1.807) is 38.2 Å². The largest absolute Gasteiger partial charge is 0.355 e. The monoisotopic (exact) mass is 398 g/mol. The van der Waals surface area contributed by atoms with Crippen molar-refractivity contribution in [3.8, 4) is 0 Å². The van der Waals surface area contributed by atoms with E-state index in [2.05, 4.69) is 10.6 Å². The third-order valence-corrected chi connectivity index (χ3v) is 5.58. The summed E-state index contributed by atoms with van der Waals surface area (Å²) >= 11 is 1.51. The van der Waals surface area contributed by atoms with E-state index in [0.717, 1.165) is 27.8 Å². The number of carbonyl (C=O) groups is 3. The first-order valence-electron chi connectivity index (χ1n) is 9.05. The van der Waals surface area contributed by atoms with Gasteiger partial charge in [-0.15, -0.1) is 11.8 Å². The van der Waals surface area contributed by atoms with E-state index in [0.29, 0.717) is 22.8 Å². The van der Waals surface area contributed by atoms with Crippen molar-refractivity contribution in [2.24, 2.45) is 0 Å². The summed E-state index contributed by atoms with van der Waals surface area (Å²) in [6.45, 7) is 7.55. The molecule has 0 spiro atoms. The second-order valence-electron chi connectivity index (χ2n) is 6.74. The average Bonchev–Trinajstić information content (AvgIpc) is 2.63. The van der Waals surface area contributed by atoms with Crippen LogP contribution in [0, 0.1) is 20.8 Å². The van der Waals surface area contributed by atoms with Gasteiger partial charge in [-0.3, -0.25) is 14.4 Å². The van der Waals surface area contributed by atoms with E-state index >= 15 is 0 Å². The lowest BCUT2D eigenvalue weighted by atomic mass is 9.92. The Morgan fingerprint density at radius 3 is 2.21 bits per heavy atom. The molecule has 148 valence electrons. The Hall–Kier alpha value is -2.60. The summed E-state index contributed by atoms with van der Waals surface area (Å²) in [6.07, 6.45) is 0. The van der Waals surface area contributed by atoms with Crippen LogP contribution in [0.1, 0.15) is 49.9 Å². The highest BCUT2D eigenvalue weighted by atomic mass is 32.2. The molecular weight excluding hydrogens is 372 g/mol. The molecule has 6 heteroatoms. The average molecular weight is 399 g/mol. The molecule has 0 radical (unpaired) electrons. The molecule has 2 rings (SSSR count). The molecule has 0 aliphatic rings. The predicted molar refractivity (Wildman–Crippen MR) is 115 cm³/mol. The van der Waals surface area contributed by atoms with E-state index in [4.69, 9.17) is 0 Å². The molecule has 2 aromatic carbocycles. The van der Waals surface area contributed by atoms with Crippen LogP contribution in [0.15, 0.2) is 30.3 Å². The molecule has 0 heterocycles. The molecular formula is C22H26N2O3S. The van der Waals surface area contributed by atoms with Gasteiger partial charge in [0.1, 0.15) is 0 Å². The number of thioether (sulfide) groups is 1. The molecule has 0 saturated heterocycles. The third-order valence-electron chi connectivity index (χ3n) is 4.62. The van der Waals surface area contributed by atoms with Crippen LogP contribution in [0.4, 0.5) is 5.69 Å². The van der Waals surface area contributed by atoms with E-state index in [1.165, 1.54) is 11.8 Å². The van der Waals surface area contributed by atoms with Crippen molar-refractivity contribution in [2.45, 2.75) is 33.4 Å². The van der Waals surface area contributed by atoms with Gasteiger partial charge >= 0.3 is 0 Å². The van der Waals surface area contributed by atoms with Crippen LogP contribution < -0.4 is 10.6 Å². The van der Waals surface area contributed by atoms with Crippen LogP contribution in [0.5, 0.6) is 0 Å². The van der Waals surface area contributed by atoms with E-state index < -0.39 is 0 Å². The van der Waals surface area contributed by atoms with Crippen LogP contribution in [0.25, 0.3) is 0 Å². The zero-order valence-electron chi connectivity index (χ0n) is 16.9. The fourth-order valence-electron chi connectivity index (χ4n) is 3.28. The Morgan fingerprint density at radius 1 is 1.00 bits per heavy atom. The third kappa shape index (κ3) is 5.23. The number of anilines is 1. The van der Waals surface area contributed by atoms with Crippen molar-refractivity contribution in [1.82, 2.24) is 5.32 Å². The summed E-state index contributed by atoms with van der Waals surface area (Å²) in [4.78, 5) is 35.7. The van der Waals surface area contributed by atoms with Crippen molar-refractivity contribution in [3.05, 3.63) is 63.7 Å². The summed E-state index contributed by atoms with van der Waals surface area (Å²) in [5.41, 5.74) is 6.22. The second kappa shape index (κ2) is 9.55. The molecule has 0 aliphatic heterocycles. The standard InChI is InChI=1S/C22H26N2O3S/c1-13-10-14(2)21(16(4)25)15(3)19(13)11-28-12-20(26)24-18-8-6-17(7-9-18)22(27)23-5/h6-10H,11-12H2,1-5H3,(H,23,27)(H,24,26). The number of rotatable bonds is 7. The van der Waals surface area contributed by atoms with Gasteiger partial charge in [0.15, 0.2) is 5.78 Å². The van der Waals surface area contributed by atoms with E-state index in [1.807, 2.05) is 26.8 Å². The minimum atomic E-state index is -0.165. The number of Topliss-reactive ketones (excluding diaryl/α,β-unsaturated/α-hetero) is 1. The maximum atomic E-state index is 12.2. The van der Waals surface area contributed by atoms with Gasteiger partial charge in [-0.2, -0.15) is 0 Å². The maximum Gasteiger partial charge on any atom is 0.251 e. The predicted octanol–water partition coefficient (Wildman–Crippen LogP) is 4.05. The summed E-state index contributed by atoms with van der Waals surface area (Å²) in [7, 11) is 1.58. The lowest BCUT2D eigenvalue weighted by molar-refractivity contribution is -0.113. The molecule has 0 aliphatic carbocycles. The van der Waals surface area contributed by atoms with Crippen LogP contribution in [-0.2, 0) is 10.5 Å². The molecule has 2 amide bonds. The Morgan fingerprint density at radius 2 is 1.64 bits per heavy atom. The summed E-state index contributed by atoms with van der Waals surface area (Å²) in [5.74, 6) is 0.772. The first-order valence-corrected chi connectivity index (χ1v) is 10.2. The highest BCUT2D eigenvalue weighted by Gasteiger charge is 2.14. The molecule has 2 N–H and O–H groups in total. The number of ketones is 1. The van der Waals surface area contributed by atoms with Crippen LogP contribution >= 0.6 is 11.8 Å². The van der Waals surface area contributed by atoms with Crippen molar-refractivity contribution in [2.75, 3.05) is 18.1 Å². The Labute approximate surface area is 170 Å². The Bertz CT molecular complexity index is 905. The summed E-state index contributed by atoms with van der Waals surface area (Å²) < 4.78 is 0. The fraction of sp³-hybridized carbons (Fsp3) is 0.318. The SMILES string of the molecule is CNC(=O)c1ccc(NC(=O)CSCc2c(C)cc(C)c(C(C)=O)c2C)cc1. The molecule has 28 heavy (non-hydrogen) atoms. The van der Waals surface area contributed by atoms with Gasteiger partial charge in [-0.25, -0.2) is 0 Å². The minimum absolute atomic E-state index is 0.0687. The molecule has 0 aromatic heterocycles. The first kappa shape index (κ1) is 21.7. The minimum Gasteiger partial charge on any atom is -0.355 e. The molecule has 0 unspecified atom stereocenters. The molecule has 2 aromatic rings. The van der Waals surface area contributed by atoms with Gasteiger partial charge in [-0.1, -0.05) is 6.07 Å². The van der Waals surface area contributed by atoms with Crippen molar-refractivity contribution in [1.29, 1.82) is 0 Å². The van der Waals surface area contributed by atoms with E-state index in [9.17, 15) is 14.4 Å². The van der Waals surface area contributed by atoms with Crippen molar-refractivity contribution < 1.29 is 14.4 Å². The number of aryl methyl sites for hydroxylation is 2.